The molecule has 0 bridgehead atoms. The monoisotopic (exact) mass is 180 g/mol. The van der Waals surface area contributed by atoms with E-state index in [0.29, 0.717) is 12.5 Å². The summed E-state index contributed by atoms with van der Waals surface area (Å²) in [6.45, 7) is 2.57. The largest absolute Gasteiger partial charge is 0.501 e. The Morgan fingerprint density at radius 3 is 2.77 bits per heavy atom. The van der Waals surface area contributed by atoms with Crippen LogP contribution in [0.2, 0.25) is 0 Å². The van der Waals surface area contributed by atoms with Crippen LogP contribution >= 0.6 is 0 Å². The van der Waals surface area contributed by atoms with Gasteiger partial charge in [-0.05, 0) is 13.0 Å². The molecule has 0 aromatic carbocycles. The molecule has 0 saturated carbocycles. The normalized spacial score (nSPS) is 10.3. The minimum absolute atomic E-state index is 0.508. The lowest BCUT2D eigenvalue weighted by molar-refractivity contribution is 0.272. The van der Waals surface area contributed by atoms with Gasteiger partial charge in [0.2, 0.25) is 5.88 Å². The second-order valence-electron chi connectivity index (χ2n) is 2.26. The molecule has 0 radical (unpaired) electrons. The number of hydrogen-bond acceptors (Lipinski definition) is 4. The summed E-state index contributed by atoms with van der Waals surface area (Å²) in [5.74, 6) is 0.508. The molecular weight excluding hydrogens is 168 g/mol. The van der Waals surface area contributed by atoms with Crippen LogP contribution in [0.1, 0.15) is 12.6 Å². The molecule has 0 spiro atoms. The topological polar surface area (TPSA) is 44.2 Å². The van der Waals surface area contributed by atoms with E-state index >= 15 is 0 Å². The van der Waals surface area contributed by atoms with E-state index in [2.05, 4.69) is 10.2 Å². The second kappa shape index (κ2) is 5.13. The molecule has 1 rings (SSSR count). The van der Waals surface area contributed by atoms with Gasteiger partial charge in [-0.1, -0.05) is 0 Å². The third-order valence-electron chi connectivity index (χ3n) is 1.37. The molecule has 1 heterocycles. The van der Waals surface area contributed by atoms with Crippen molar-refractivity contribution < 1.29 is 9.47 Å². The Hall–Kier alpha value is -1.58. The molecule has 4 nitrogen and oxygen atoms in total. The van der Waals surface area contributed by atoms with Gasteiger partial charge in [-0.2, -0.15) is 0 Å². The van der Waals surface area contributed by atoms with Gasteiger partial charge in [0.1, 0.15) is 0 Å². The highest BCUT2D eigenvalue weighted by Crippen LogP contribution is 2.04. The first-order valence-corrected chi connectivity index (χ1v) is 4.02. The smallest absolute Gasteiger partial charge is 0.233 e. The van der Waals surface area contributed by atoms with Crippen molar-refractivity contribution in [3.63, 3.8) is 0 Å². The number of aromatic nitrogens is 2. The van der Waals surface area contributed by atoms with Gasteiger partial charge in [0.15, 0.2) is 0 Å². The minimum Gasteiger partial charge on any atom is -0.501 e. The van der Waals surface area contributed by atoms with Gasteiger partial charge in [-0.15, -0.1) is 10.2 Å². The van der Waals surface area contributed by atoms with Gasteiger partial charge in [-0.3, -0.25) is 0 Å². The Morgan fingerprint density at radius 1 is 1.38 bits per heavy atom. The van der Waals surface area contributed by atoms with Crippen LogP contribution < -0.4 is 4.74 Å². The van der Waals surface area contributed by atoms with Crippen LogP contribution in [-0.4, -0.2) is 23.9 Å². The van der Waals surface area contributed by atoms with E-state index in [9.17, 15) is 0 Å². The molecule has 70 valence electrons. The molecule has 0 unspecified atom stereocenters. The van der Waals surface area contributed by atoms with Gasteiger partial charge in [0, 0.05) is 12.1 Å². The zero-order valence-electron chi connectivity index (χ0n) is 7.73. The van der Waals surface area contributed by atoms with Crippen LogP contribution in [-0.2, 0) is 4.74 Å². The Balaban J connectivity index is 2.58. The van der Waals surface area contributed by atoms with E-state index in [4.69, 9.17) is 9.47 Å². The van der Waals surface area contributed by atoms with Gasteiger partial charge < -0.3 is 9.47 Å². The van der Waals surface area contributed by atoms with Crippen molar-refractivity contribution in [2.75, 3.05) is 13.7 Å². The van der Waals surface area contributed by atoms with Crippen LogP contribution in [0.15, 0.2) is 18.4 Å². The molecule has 0 aliphatic carbocycles. The lowest BCUT2D eigenvalue weighted by Gasteiger charge is -1.96. The SMILES string of the molecule is CCOC=Cc1ccc(OC)nn1. The summed E-state index contributed by atoms with van der Waals surface area (Å²) in [7, 11) is 1.56. The molecule has 0 amide bonds. The molecule has 4 heteroatoms. The van der Waals surface area contributed by atoms with E-state index in [-0.39, 0.29) is 0 Å². The minimum atomic E-state index is 0.508. The van der Waals surface area contributed by atoms with E-state index in [1.165, 1.54) is 0 Å². The molecule has 1 aromatic rings. The summed E-state index contributed by atoms with van der Waals surface area (Å²) < 4.78 is 9.88. The average Bonchev–Trinajstić information content (AvgIpc) is 2.19. The number of rotatable bonds is 4. The summed E-state index contributed by atoms with van der Waals surface area (Å²) >= 11 is 0. The first kappa shape index (κ1) is 9.51. The summed E-state index contributed by atoms with van der Waals surface area (Å²) in [6.07, 6.45) is 3.34. The van der Waals surface area contributed by atoms with Crippen LogP contribution in [0.4, 0.5) is 0 Å². The molecule has 0 N–H and O–H groups in total. The number of methoxy groups -OCH3 is 1. The summed E-state index contributed by atoms with van der Waals surface area (Å²) in [5.41, 5.74) is 0.745. The number of nitrogens with zero attached hydrogens (tertiary/aromatic N) is 2. The molecule has 0 fully saturated rings. The van der Waals surface area contributed by atoms with Gasteiger partial charge in [0.05, 0.1) is 25.7 Å². The highest BCUT2D eigenvalue weighted by Gasteiger charge is 1.92. The van der Waals surface area contributed by atoms with E-state index in [1.54, 1.807) is 31.6 Å². The maximum atomic E-state index is 5.01. The van der Waals surface area contributed by atoms with Crippen molar-refractivity contribution in [3.05, 3.63) is 24.1 Å². The average molecular weight is 180 g/mol. The molecule has 0 atom stereocenters. The van der Waals surface area contributed by atoms with Crippen molar-refractivity contribution in [1.82, 2.24) is 10.2 Å². The number of ether oxygens (including phenoxy) is 2. The predicted octanol–water partition coefficient (Wildman–Crippen LogP) is 1.49. The Morgan fingerprint density at radius 2 is 2.23 bits per heavy atom. The zero-order valence-corrected chi connectivity index (χ0v) is 7.73. The highest BCUT2D eigenvalue weighted by atomic mass is 16.5. The maximum absolute atomic E-state index is 5.01. The first-order valence-electron chi connectivity index (χ1n) is 4.02. The Labute approximate surface area is 77.2 Å². The van der Waals surface area contributed by atoms with Crippen LogP contribution in [0.5, 0.6) is 5.88 Å². The van der Waals surface area contributed by atoms with E-state index in [1.807, 2.05) is 6.92 Å². The Bertz CT molecular complexity index is 269. The maximum Gasteiger partial charge on any atom is 0.233 e. The standard InChI is InChI=1S/C9H12N2O2/c1-3-13-7-6-8-4-5-9(12-2)11-10-8/h4-7H,3H2,1-2H3. The summed E-state index contributed by atoms with van der Waals surface area (Å²) in [6, 6.07) is 3.56. The zero-order chi connectivity index (χ0) is 9.52. The molecule has 13 heavy (non-hydrogen) atoms. The fraction of sp³-hybridized carbons (Fsp3) is 0.333. The van der Waals surface area contributed by atoms with E-state index in [0.717, 1.165) is 5.69 Å². The second-order valence-corrected chi connectivity index (χ2v) is 2.26. The molecule has 0 aliphatic rings. The fourth-order valence-electron chi connectivity index (χ4n) is 0.742. The third kappa shape index (κ3) is 3.11. The fourth-order valence-corrected chi connectivity index (χ4v) is 0.742. The molecule has 0 aliphatic heterocycles. The summed E-state index contributed by atoms with van der Waals surface area (Å²) in [5, 5.41) is 7.68. The summed E-state index contributed by atoms with van der Waals surface area (Å²) in [4.78, 5) is 0. The number of hydrogen-bond donors (Lipinski definition) is 0. The van der Waals surface area contributed by atoms with Crippen LogP contribution in [0.3, 0.4) is 0 Å². The van der Waals surface area contributed by atoms with Gasteiger partial charge in [0.25, 0.3) is 0 Å². The van der Waals surface area contributed by atoms with Gasteiger partial charge >= 0.3 is 0 Å². The lowest BCUT2D eigenvalue weighted by Crippen LogP contribution is -1.91. The van der Waals surface area contributed by atoms with Crippen molar-refractivity contribution >= 4 is 6.08 Å². The van der Waals surface area contributed by atoms with E-state index < -0.39 is 0 Å². The quantitative estimate of drug-likeness (QED) is 0.658. The van der Waals surface area contributed by atoms with Crippen molar-refractivity contribution in [3.8, 4) is 5.88 Å². The first-order chi connectivity index (χ1) is 6.36. The van der Waals surface area contributed by atoms with Gasteiger partial charge in [-0.25, -0.2) is 0 Å². The Kier molecular flexibility index (Phi) is 3.75. The molecular formula is C9H12N2O2. The third-order valence-corrected chi connectivity index (χ3v) is 1.37. The lowest BCUT2D eigenvalue weighted by atomic mass is 10.4. The highest BCUT2D eigenvalue weighted by molar-refractivity contribution is 5.42. The van der Waals surface area contributed by atoms with Crippen LogP contribution in [0, 0.1) is 0 Å². The van der Waals surface area contributed by atoms with Crippen molar-refractivity contribution in [1.29, 1.82) is 0 Å². The predicted molar refractivity (Wildman–Crippen MR) is 49.2 cm³/mol. The molecule has 0 saturated heterocycles. The van der Waals surface area contributed by atoms with Crippen molar-refractivity contribution in [2.24, 2.45) is 0 Å². The van der Waals surface area contributed by atoms with Crippen LogP contribution in [0.25, 0.3) is 6.08 Å². The molecule has 1 aromatic heterocycles. The van der Waals surface area contributed by atoms with Crippen molar-refractivity contribution in [2.45, 2.75) is 6.92 Å².